The zero-order chi connectivity index (χ0) is 12.3. The Morgan fingerprint density at radius 2 is 2.06 bits per heavy atom. The first-order valence-corrected chi connectivity index (χ1v) is 5.48. The van der Waals surface area contributed by atoms with Crippen LogP contribution in [0.15, 0.2) is 18.2 Å². The van der Waals surface area contributed by atoms with Crippen molar-refractivity contribution in [2.45, 2.75) is 39.7 Å². The van der Waals surface area contributed by atoms with E-state index in [0.29, 0.717) is 11.3 Å². The summed E-state index contributed by atoms with van der Waals surface area (Å²) >= 11 is 0. The Kier molecular flexibility index (Phi) is 3.58. The molecule has 0 amide bonds. The molecule has 0 bridgehead atoms. The number of rotatable bonds is 4. The summed E-state index contributed by atoms with van der Waals surface area (Å²) < 4.78 is 0. The maximum atomic E-state index is 11.1. The molecule has 1 aromatic carbocycles. The number of benzene rings is 1. The fraction of sp³-hybridized carbons (Fsp3) is 0.462. The number of hydrogen-bond donors (Lipinski definition) is 2. The van der Waals surface area contributed by atoms with Crippen LogP contribution in [0.2, 0.25) is 0 Å². The summed E-state index contributed by atoms with van der Waals surface area (Å²) in [6.07, 6.45) is 0.931. The lowest BCUT2D eigenvalue weighted by Crippen LogP contribution is -2.30. The van der Waals surface area contributed by atoms with Crippen molar-refractivity contribution in [1.82, 2.24) is 0 Å². The van der Waals surface area contributed by atoms with E-state index in [9.17, 15) is 4.79 Å². The molecule has 0 fully saturated rings. The van der Waals surface area contributed by atoms with Gasteiger partial charge in [0.2, 0.25) is 0 Å². The Balaban J connectivity index is 3.10. The number of carboxylic acid groups (broad SMARTS) is 1. The van der Waals surface area contributed by atoms with Gasteiger partial charge in [-0.3, -0.25) is 0 Å². The molecule has 0 aliphatic heterocycles. The second kappa shape index (κ2) is 4.56. The smallest absolute Gasteiger partial charge is 0.337 e. The summed E-state index contributed by atoms with van der Waals surface area (Å²) in [4.78, 5) is 11.1. The molecule has 0 heterocycles. The predicted octanol–water partition coefficient (Wildman–Crippen LogP) is 3.29. The van der Waals surface area contributed by atoms with Gasteiger partial charge < -0.3 is 10.4 Å². The molecule has 88 valence electrons. The minimum Gasteiger partial charge on any atom is -0.478 e. The molecule has 0 atom stereocenters. The lowest BCUT2D eigenvalue weighted by atomic mass is 10.00. The van der Waals surface area contributed by atoms with E-state index < -0.39 is 5.97 Å². The highest BCUT2D eigenvalue weighted by Crippen LogP contribution is 2.23. The van der Waals surface area contributed by atoms with Crippen LogP contribution in [0.25, 0.3) is 0 Å². The van der Waals surface area contributed by atoms with Gasteiger partial charge in [-0.1, -0.05) is 13.0 Å². The topological polar surface area (TPSA) is 49.3 Å². The molecule has 2 N–H and O–H groups in total. The highest BCUT2D eigenvalue weighted by Gasteiger charge is 2.18. The second-order valence-corrected chi connectivity index (χ2v) is 4.72. The normalized spacial score (nSPS) is 11.2. The van der Waals surface area contributed by atoms with Gasteiger partial charge in [-0.05, 0) is 44.9 Å². The van der Waals surface area contributed by atoms with Gasteiger partial charge in [0.1, 0.15) is 0 Å². The zero-order valence-corrected chi connectivity index (χ0v) is 10.3. The molecule has 16 heavy (non-hydrogen) atoms. The van der Waals surface area contributed by atoms with Gasteiger partial charge in [-0.25, -0.2) is 4.79 Å². The van der Waals surface area contributed by atoms with Crippen LogP contribution in [0, 0.1) is 6.92 Å². The SMILES string of the molecule is CCC(C)(C)Nc1cc(C)ccc1C(=O)O. The molecule has 0 spiro atoms. The molecule has 1 aromatic rings. The largest absolute Gasteiger partial charge is 0.478 e. The number of hydrogen-bond acceptors (Lipinski definition) is 2. The molecule has 0 unspecified atom stereocenters. The summed E-state index contributed by atoms with van der Waals surface area (Å²) in [6.45, 7) is 8.14. The minimum atomic E-state index is -0.894. The van der Waals surface area contributed by atoms with Crippen LogP contribution < -0.4 is 5.32 Å². The highest BCUT2D eigenvalue weighted by molar-refractivity contribution is 5.94. The van der Waals surface area contributed by atoms with Crippen LogP contribution in [0.1, 0.15) is 43.1 Å². The third-order valence-corrected chi connectivity index (χ3v) is 2.76. The molecule has 0 radical (unpaired) electrons. The average molecular weight is 221 g/mol. The van der Waals surface area contributed by atoms with Crippen LogP contribution in [-0.2, 0) is 0 Å². The van der Waals surface area contributed by atoms with E-state index in [1.165, 1.54) is 0 Å². The first kappa shape index (κ1) is 12.6. The molecule has 0 saturated carbocycles. The van der Waals surface area contributed by atoms with E-state index in [0.717, 1.165) is 12.0 Å². The predicted molar refractivity (Wildman–Crippen MR) is 66.1 cm³/mol. The zero-order valence-electron chi connectivity index (χ0n) is 10.3. The number of nitrogens with one attached hydrogen (secondary N) is 1. The van der Waals surface area contributed by atoms with Crippen LogP contribution in [0.5, 0.6) is 0 Å². The van der Waals surface area contributed by atoms with Crippen LogP contribution in [-0.4, -0.2) is 16.6 Å². The molecule has 0 aliphatic rings. The third-order valence-electron chi connectivity index (χ3n) is 2.76. The summed E-state index contributed by atoms with van der Waals surface area (Å²) in [5, 5.41) is 12.4. The summed E-state index contributed by atoms with van der Waals surface area (Å²) in [5.41, 5.74) is 1.98. The first-order valence-electron chi connectivity index (χ1n) is 5.48. The van der Waals surface area contributed by atoms with Crippen molar-refractivity contribution in [2.75, 3.05) is 5.32 Å². The van der Waals surface area contributed by atoms with Gasteiger partial charge in [0.05, 0.1) is 5.56 Å². The van der Waals surface area contributed by atoms with Gasteiger partial charge in [0.25, 0.3) is 0 Å². The Hall–Kier alpha value is -1.51. The lowest BCUT2D eigenvalue weighted by molar-refractivity contribution is 0.0698. The maximum Gasteiger partial charge on any atom is 0.337 e. The number of carboxylic acids is 1. The molecule has 3 heteroatoms. The quantitative estimate of drug-likeness (QED) is 0.820. The standard InChI is InChI=1S/C13H19NO2/c1-5-13(3,4)14-11-8-9(2)6-7-10(11)12(15)16/h6-8,14H,5H2,1-4H3,(H,15,16). The molecule has 3 nitrogen and oxygen atoms in total. The van der Waals surface area contributed by atoms with Gasteiger partial charge in [-0.2, -0.15) is 0 Å². The maximum absolute atomic E-state index is 11.1. The molecule has 0 aromatic heterocycles. The van der Waals surface area contributed by atoms with E-state index in [4.69, 9.17) is 5.11 Å². The monoisotopic (exact) mass is 221 g/mol. The van der Waals surface area contributed by atoms with Crippen molar-refractivity contribution in [3.63, 3.8) is 0 Å². The van der Waals surface area contributed by atoms with E-state index in [-0.39, 0.29) is 5.54 Å². The average Bonchev–Trinajstić information content (AvgIpc) is 2.16. The fourth-order valence-corrected chi connectivity index (χ4v) is 1.40. The molecule has 0 saturated heterocycles. The van der Waals surface area contributed by atoms with Gasteiger partial charge in [0.15, 0.2) is 0 Å². The van der Waals surface area contributed by atoms with Crippen molar-refractivity contribution in [3.8, 4) is 0 Å². The molecular formula is C13H19NO2. The second-order valence-electron chi connectivity index (χ2n) is 4.72. The Bertz CT molecular complexity index is 397. The van der Waals surface area contributed by atoms with Gasteiger partial charge in [0, 0.05) is 11.2 Å². The Morgan fingerprint density at radius 3 is 2.56 bits per heavy atom. The van der Waals surface area contributed by atoms with Crippen LogP contribution >= 0.6 is 0 Å². The van der Waals surface area contributed by atoms with E-state index in [2.05, 4.69) is 26.1 Å². The number of anilines is 1. The number of carbonyl (C=O) groups is 1. The van der Waals surface area contributed by atoms with E-state index >= 15 is 0 Å². The van der Waals surface area contributed by atoms with Crippen molar-refractivity contribution < 1.29 is 9.90 Å². The van der Waals surface area contributed by atoms with E-state index in [1.807, 2.05) is 19.1 Å². The summed E-state index contributed by atoms with van der Waals surface area (Å²) in [7, 11) is 0. The molecular weight excluding hydrogens is 202 g/mol. The molecule has 0 aliphatic carbocycles. The Morgan fingerprint density at radius 1 is 1.44 bits per heavy atom. The first-order chi connectivity index (χ1) is 7.35. The van der Waals surface area contributed by atoms with Gasteiger partial charge in [-0.15, -0.1) is 0 Å². The van der Waals surface area contributed by atoms with Crippen molar-refractivity contribution in [3.05, 3.63) is 29.3 Å². The van der Waals surface area contributed by atoms with Crippen molar-refractivity contribution >= 4 is 11.7 Å². The minimum absolute atomic E-state index is 0.0992. The highest BCUT2D eigenvalue weighted by atomic mass is 16.4. The summed E-state index contributed by atoms with van der Waals surface area (Å²) in [6, 6.07) is 5.33. The van der Waals surface area contributed by atoms with E-state index in [1.54, 1.807) is 6.07 Å². The van der Waals surface area contributed by atoms with Crippen molar-refractivity contribution in [1.29, 1.82) is 0 Å². The third kappa shape index (κ3) is 2.99. The lowest BCUT2D eigenvalue weighted by Gasteiger charge is -2.27. The number of aryl methyl sites for hydroxylation is 1. The van der Waals surface area contributed by atoms with Crippen LogP contribution in [0.4, 0.5) is 5.69 Å². The summed E-state index contributed by atoms with van der Waals surface area (Å²) in [5.74, 6) is -0.894. The molecule has 1 rings (SSSR count). The Labute approximate surface area is 96.5 Å². The number of aromatic carboxylic acids is 1. The van der Waals surface area contributed by atoms with Gasteiger partial charge >= 0.3 is 5.97 Å². The van der Waals surface area contributed by atoms with Crippen molar-refractivity contribution in [2.24, 2.45) is 0 Å². The van der Waals surface area contributed by atoms with Crippen LogP contribution in [0.3, 0.4) is 0 Å². The fourth-order valence-electron chi connectivity index (χ4n) is 1.40.